The molecular formula is C14H19BrN2O2. The van der Waals surface area contributed by atoms with E-state index in [2.05, 4.69) is 35.1 Å². The van der Waals surface area contributed by atoms with Gasteiger partial charge in [-0.2, -0.15) is 0 Å². The van der Waals surface area contributed by atoms with Crippen LogP contribution in [0.4, 0.5) is 11.4 Å². The molecule has 0 aromatic heterocycles. The van der Waals surface area contributed by atoms with Gasteiger partial charge in [0.1, 0.15) is 0 Å². The summed E-state index contributed by atoms with van der Waals surface area (Å²) in [6.45, 7) is 4.57. The smallest absolute Gasteiger partial charge is 0.270 e. The third-order valence-corrected chi connectivity index (χ3v) is 4.59. The van der Waals surface area contributed by atoms with E-state index < -0.39 is 0 Å². The van der Waals surface area contributed by atoms with Gasteiger partial charge >= 0.3 is 0 Å². The van der Waals surface area contributed by atoms with Crippen LogP contribution in [0.5, 0.6) is 0 Å². The van der Waals surface area contributed by atoms with Crippen LogP contribution >= 0.6 is 15.9 Å². The van der Waals surface area contributed by atoms with Crippen LogP contribution in [-0.2, 0) is 0 Å². The summed E-state index contributed by atoms with van der Waals surface area (Å²) in [7, 11) is 0. The van der Waals surface area contributed by atoms with Crippen LogP contribution in [0, 0.1) is 22.0 Å². The number of nitrogens with zero attached hydrogens (tertiary/aromatic N) is 1. The fourth-order valence-electron chi connectivity index (χ4n) is 2.81. The molecule has 0 aliphatic heterocycles. The Bertz CT molecular complexity index is 479. The maximum Gasteiger partial charge on any atom is 0.270 e. The fraction of sp³-hybridized carbons (Fsp3) is 0.571. The molecule has 2 rings (SSSR count). The Morgan fingerprint density at radius 3 is 2.68 bits per heavy atom. The van der Waals surface area contributed by atoms with Gasteiger partial charge in [0, 0.05) is 28.3 Å². The lowest BCUT2D eigenvalue weighted by molar-refractivity contribution is -0.384. The predicted molar refractivity (Wildman–Crippen MR) is 80.4 cm³/mol. The van der Waals surface area contributed by atoms with Crippen LogP contribution in [0.1, 0.15) is 33.1 Å². The summed E-state index contributed by atoms with van der Waals surface area (Å²) >= 11 is 3.41. The molecule has 0 saturated heterocycles. The van der Waals surface area contributed by atoms with Crippen molar-refractivity contribution >= 4 is 27.3 Å². The number of benzene rings is 1. The molecule has 1 saturated carbocycles. The Kier molecular flexibility index (Phi) is 4.45. The number of hydrogen-bond donors (Lipinski definition) is 1. The van der Waals surface area contributed by atoms with Crippen molar-refractivity contribution in [2.24, 2.45) is 11.8 Å². The van der Waals surface area contributed by atoms with Crippen molar-refractivity contribution in [3.63, 3.8) is 0 Å². The Hall–Kier alpha value is -1.10. The average Bonchev–Trinajstić information content (AvgIpc) is 2.34. The van der Waals surface area contributed by atoms with E-state index in [1.807, 2.05) is 0 Å². The highest BCUT2D eigenvalue weighted by molar-refractivity contribution is 9.10. The molecule has 1 N–H and O–H groups in total. The van der Waals surface area contributed by atoms with Crippen molar-refractivity contribution < 1.29 is 4.92 Å². The summed E-state index contributed by atoms with van der Waals surface area (Å²) in [6, 6.07) is 5.34. The molecule has 0 radical (unpaired) electrons. The van der Waals surface area contributed by atoms with Crippen LogP contribution in [0.2, 0.25) is 0 Å². The molecule has 104 valence electrons. The van der Waals surface area contributed by atoms with E-state index in [1.165, 1.54) is 12.8 Å². The number of hydrogen-bond acceptors (Lipinski definition) is 3. The van der Waals surface area contributed by atoms with Gasteiger partial charge in [0.2, 0.25) is 0 Å². The van der Waals surface area contributed by atoms with Gasteiger partial charge in [0.25, 0.3) is 5.69 Å². The van der Waals surface area contributed by atoms with Crippen molar-refractivity contribution in [3.8, 4) is 0 Å². The van der Waals surface area contributed by atoms with Gasteiger partial charge in [-0.1, -0.05) is 13.8 Å². The van der Waals surface area contributed by atoms with Crippen molar-refractivity contribution in [1.29, 1.82) is 0 Å². The number of rotatable bonds is 3. The quantitative estimate of drug-likeness (QED) is 0.652. The zero-order valence-corrected chi connectivity index (χ0v) is 12.8. The van der Waals surface area contributed by atoms with Gasteiger partial charge in [-0.25, -0.2) is 0 Å². The van der Waals surface area contributed by atoms with Crippen LogP contribution in [-0.4, -0.2) is 11.0 Å². The summed E-state index contributed by atoms with van der Waals surface area (Å²) in [4.78, 5) is 10.3. The largest absolute Gasteiger partial charge is 0.381 e. The Balaban J connectivity index is 2.09. The van der Waals surface area contributed by atoms with E-state index in [9.17, 15) is 10.1 Å². The van der Waals surface area contributed by atoms with Crippen molar-refractivity contribution in [2.75, 3.05) is 5.32 Å². The molecule has 1 aromatic rings. The minimum atomic E-state index is -0.376. The lowest BCUT2D eigenvalue weighted by atomic mass is 9.80. The highest BCUT2D eigenvalue weighted by Crippen LogP contribution is 2.33. The van der Waals surface area contributed by atoms with Crippen molar-refractivity contribution in [1.82, 2.24) is 0 Å². The minimum Gasteiger partial charge on any atom is -0.381 e. The molecule has 0 heterocycles. The molecule has 3 atom stereocenters. The summed E-state index contributed by atoms with van der Waals surface area (Å²) in [5.41, 5.74) is 1.06. The van der Waals surface area contributed by atoms with Gasteiger partial charge in [-0.15, -0.1) is 0 Å². The highest BCUT2D eigenvalue weighted by atomic mass is 79.9. The first-order valence-corrected chi connectivity index (χ1v) is 7.47. The number of nitro benzene ring substituents is 1. The molecule has 1 fully saturated rings. The Morgan fingerprint density at radius 2 is 2.11 bits per heavy atom. The van der Waals surface area contributed by atoms with Gasteiger partial charge in [0.05, 0.1) is 4.92 Å². The van der Waals surface area contributed by atoms with E-state index >= 15 is 0 Å². The SMILES string of the molecule is CC1CCC(Nc2ccc([N+](=O)[O-])cc2Br)C(C)C1. The zero-order valence-electron chi connectivity index (χ0n) is 11.2. The minimum absolute atomic E-state index is 0.114. The van der Waals surface area contributed by atoms with Crippen LogP contribution in [0.15, 0.2) is 22.7 Å². The second-order valence-electron chi connectivity index (χ2n) is 5.57. The standard InChI is InChI=1S/C14H19BrN2O2/c1-9-3-5-13(10(2)7-9)16-14-6-4-11(17(18)19)8-12(14)15/h4,6,8-10,13,16H,3,5,7H2,1-2H3. The zero-order chi connectivity index (χ0) is 14.0. The maximum absolute atomic E-state index is 10.7. The molecule has 0 spiro atoms. The number of nitrogens with one attached hydrogen (secondary N) is 1. The molecule has 5 heteroatoms. The number of anilines is 1. The number of halogens is 1. The molecule has 0 amide bonds. The van der Waals surface area contributed by atoms with Gasteiger partial charge in [-0.05, 0) is 53.1 Å². The fourth-order valence-corrected chi connectivity index (χ4v) is 3.30. The first-order chi connectivity index (χ1) is 8.97. The third kappa shape index (κ3) is 3.47. The van der Waals surface area contributed by atoms with Crippen molar-refractivity contribution in [3.05, 3.63) is 32.8 Å². The van der Waals surface area contributed by atoms with E-state index in [1.54, 1.807) is 18.2 Å². The third-order valence-electron chi connectivity index (χ3n) is 3.94. The van der Waals surface area contributed by atoms with E-state index in [-0.39, 0.29) is 10.6 Å². The predicted octanol–water partition coefficient (Wildman–Crippen LogP) is 4.59. The first kappa shape index (κ1) is 14.3. The monoisotopic (exact) mass is 326 g/mol. The van der Waals surface area contributed by atoms with E-state index in [0.717, 1.165) is 22.5 Å². The lowest BCUT2D eigenvalue weighted by Gasteiger charge is -2.34. The van der Waals surface area contributed by atoms with E-state index in [4.69, 9.17) is 0 Å². The van der Waals surface area contributed by atoms with Gasteiger partial charge in [0.15, 0.2) is 0 Å². The summed E-state index contributed by atoms with van der Waals surface area (Å²) in [5.74, 6) is 1.43. The maximum atomic E-state index is 10.7. The van der Waals surface area contributed by atoms with Crippen LogP contribution in [0.3, 0.4) is 0 Å². The van der Waals surface area contributed by atoms with Gasteiger partial charge in [-0.3, -0.25) is 10.1 Å². The topological polar surface area (TPSA) is 55.2 Å². The van der Waals surface area contributed by atoms with E-state index in [0.29, 0.717) is 12.0 Å². The average molecular weight is 327 g/mol. The van der Waals surface area contributed by atoms with Gasteiger partial charge < -0.3 is 5.32 Å². The molecular weight excluding hydrogens is 308 g/mol. The van der Waals surface area contributed by atoms with Crippen LogP contribution in [0.25, 0.3) is 0 Å². The first-order valence-electron chi connectivity index (χ1n) is 6.68. The lowest BCUT2D eigenvalue weighted by Crippen LogP contribution is -2.33. The Morgan fingerprint density at radius 1 is 1.37 bits per heavy atom. The molecule has 1 aromatic carbocycles. The molecule has 0 bridgehead atoms. The molecule has 1 aliphatic carbocycles. The normalized spacial score (nSPS) is 27.0. The van der Waals surface area contributed by atoms with Crippen LogP contribution < -0.4 is 5.32 Å². The highest BCUT2D eigenvalue weighted by Gasteiger charge is 2.25. The summed E-state index contributed by atoms with van der Waals surface area (Å²) in [5, 5.41) is 14.2. The molecule has 19 heavy (non-hydrogen) atoms. The number of non-ortho nitro benzene ring substituents is 1. The molecule has 4 nitrogen and oxygen atoms in total. The molecule has 1 aliphatic rings. The Labute approximate surface area is 121 Å². The molecule has 3 unspecified atom stereocenters. The number of nitro groups is 1. The summed E-state index contributed by atoms with van der Waals surface area (Å²) in [6.07, 6.45) is 3.64. The van der Waals surface area contributed by atoms with Crippen molar-refractivity contribution in [2.45, 2.75) is 39.2 Å². The second-order valence-corrected chi connectivity index (χ2v) is 6.42. The second kappa shape index (κ2) is 5.90. The summed E-state index contributed by atoms with van der Waals surface area (Å²) < 4.78 is 0.757.